The molecular formula is C26H33N3OS. The molecule has 0 bridgehead atoms. The maximum atomic E-state index is 13.3. The molecule has 0 fully saturated rings. The van der Waals surface area contributed by atoms with E-state index in [1.807, 2.05) is 18.7 Å². The first kappa shape index (κ1) is 21.9. The Hall–Kier alpha value is -2.27. The number of fused-ring (bicyclic) bond motifs is 3. The number of aromatic nitrogens is 2. The summed E-state index contributed by atoms with van der Waals surface area (Å²) in [6, 6.07) is 4.80. The van der Waals surface area contributed by atoms with Crippen LogP contribution in [0, 0.1) is 5.92 Å². The molecule has 1 amide bonds. The summed E-state index contributed by atoms with van der Waals surface area (Å²) < 4.78 is 2.16. The summed E-state index contributed by atoms with van der Waals surface area (Å²) in [6.07, 6.45) is 6.38. The molecule has 5 heteroatoms. The second kappa shape index (κ2) is 8.70. The smallest absolute Gasteiger partial charge is 0.293 e. The Morgan fingerprint density at radius 1 is 1.32 bits per heavy atom. The molecule has 0 saturated heterocycles. The molecule has 1 aromatic heterocycles. The van der Waals surface area contributed by atoms with Crippen molar-refractivity contribution in [2.24, 2.45) is 5.92 Å². The third-order valence-electron chi connectivity index (χ3n) is 6.27. The minimum absolute atomic E-state index is 0.0837. The van der Waals surface area contributed by atoms with Gasteiger partial charge in [0.25, 0.3) is 5.91 Å². The number of hydrogen-bond donors (Lipinski definition) is 0. The first-order valence-electron chi connectivity index (χ1n) is 11.3. The molecule has 0 atom stereocenters. The number of allylic oxidation sites excluding steroid dienone is 2. The Bertz CT molecular complexity index is 1080. The van der Waals surface area contributed by atoms with Crippen molar-refractivity contribution < 1.29 is 4.79 Å². The highest BCUT2D eigenvalue weighted by atomic mass is 32.2. The Kier molecular flexibility index (Phi) is 6.16. The van der Waals surface area contributed by atoms with Gasteiger partial charge in [-0.05, 0) is 61.3 Å². The van der Waals surface area contributed by atoms with Gasteiger partial charge in [-0.2, -0.15) is 0 Å². The van der Waals surface area contributed by atoms with E-state index in [4.69, 9.17) is 4.98 Å². The lowest BCUT2D eigenvalue weighted by molar-refractivity contribution is 0.0820. The van der Waals surface area contributed by atoms with Crippen molar-refractivity contribution in [2.75, 3.05) is 12.8 Å². The third kappa shape index (κ3) is 4.00. The van der Waals surface area contributed by atoms with Gasteiger partial charge in [-0.25, -0.2) is 4.98 Å². The van der Waals surface area contributed by atoms with Gasteiger partial charge in [0.2, 0.25) is 5.82 Å². The molecule has 4 nitrogen and oxygen atoms in total. The number of carbonyl (C=O) groups is 1. The second-order valence-corrected chi connectivity index (χ2v) is 10.2. The predicted molar refractivity (Wildman–Crippen MR) is 131 cm³/mol. The molecule has 0 aliphatic carbocycles. The fourth-order valence-electron chi connectivity index (χ4n) is 4.54. The van der Waals surface area contributed by atoms with E-state index in [0.717, 1.165) is 55.1 Å². The lowest BCUT2D eigenvalue weighted by Crippen LogP contribution is -2.28. The quantitative estimate of drug-likeness (QED) is 0.563. The van der Waals surface area contributed by atoms with Gasteiger partial charge in [-0.3, -0.25) is 4.79 Å². The molecule has 2 aliphatic heterocycles. The number of thioether (sulfide) groups is 1. The zero-order chi connectivity index (χ0) is 22.3. The summed E-state index contributed by atoms with van der Waals surface area (Å²) in [4.78, 5) is 21.0. The minimum atomic E-state index is -0.0837. The van der Waals surface area contributed by atoms with Crippen LogP contribution in [0.3, 0.4) is 0 Å². The number of rotatable bonds is 6. The number of aryl methyl sites for hydroxylation is 2. The fraction of sp³-hybridized carbons (Fsp3) is 0.462. The molecule has 0 radical (unpaired) electrons. The molecule has 3 heterocycles. The van der Waals surface area contributed by atoms with Crippen molar-refractivity contribution in [3.05, 3.63) is 58.7 Å². The molecule has 31 heavy (non-hydrogen) atoms. The number of amides is 1. The highest BCUT2D eigenvalue weighted by Gasteiger charge is 2.31. The van der Waals surface area contributed by atoms with E-state index in [1.165, 1.54) is 27.2 Å². The van der Waals surface area contributed by atoms with E-state index in [1.54, 1.807) is 11.9 Å². The summed E-state index contributed by atoms with van der Waals surface area (Å²) in [7, 11) is 1.78. The molecule has 1 aromatic carbocycles. The zero-order valence-corrected chi connectivity index (χ0v) is 20.2. The van der Waals surface area contributed by atoms with E-state index >= 15 is 0 Å². The Morgan fingerprint density at radius 2 is 2.10 bits per heavy atom. The number of imidazole rings is 1. The van der Waals surface area contributed by atoms with E-state index in [9.17, 15) is 4.79 Å². The highest BCUT2D eigenvalue weighted by Crippen LogP contribution is 2.43. The van der Waals surface area contributed by atoms with Crippen LogP contribution in [0.1, 0.15) is 67.1 Å². The molecule has 0 N–H and O–H groups in total. The average Bonchev–Trinajstić information content (AvgIpc) is 3.39. The Labute approximate surface area is 190 Å². The summed E-state index contributed by atoms with van der Waals surface area (Å²) in [5, 5.41) is 0. The lowest BCUT2D eigenvalue weighted by atomic mass is 9.88. The second-order valence-electron chi connectivity index (χ2n) is 9.07. The summed E-state index contributed by atoms with van der Waals surface area (Å²) in [6.45, 7) is 13.4. The van der Waals surface area contributed by atoms with Crippen LogP contribution in [0.2, 0.25) is 0 Å². The monoisotopic (exact) mass is 435 g/mol. The van der Waals surface area contributed by atoms with Gasteiger partial charge in [0.05, 0.1) is 5.69 Å². The molecule has 2 aromatic rings. The Morgan fingerprint density at radius 3 is 2.71 bits per heavy atom. The number of nitrogens with zero attached hydrogens (tertiary/aromatic N) is 3. The first-order chi connectivity index (χ1) is 14.8. The highest BCUT2D eigenvalue weighted by molar-refractivity contribution is 8.08. The van der Waals surface area contributed by atoms with Gasteiger partial charge >= 0.3 is 0 Å². The van der Waals surface area contributed by atoms with Gasteiger partial charge in [0.1, 0.15) is 5.69 Å². The third-order valence-corrected chi connectivity index (χ3v) is 7.38. The number of hydrogen-bond acceptors (Lipinski definition) is 3. The van der Waals surface area contributed by atoms with Crippen molar-refractivity contribution in [2.45, 2.75) is 59.9 Å². The SMILES string of the molecule is C=C(C)N(C)C(=O)c1nc(C2=CCCS2)c2n1CCc1cc(CC)c(CC(C)C)cc1-2. The normalized spacial score (nSPS) is 15.0. The number of carbonyl (C=O) groups excluding carboxylic acids is 1. The topological polar surface area (TPSA) is 38.1 Å². The zero-order valence-electron chi connectivity index (χ0n) is 19.4. The van der Waals surface area contributed by atoms with Crippen molar-refractivity contribution in [3.8, 4) is 11.3 Å². The van der Waals surface area contributed by atoms with Crippen LogP contribution in [0.25, 0.3) is 16.2 Å². The molecular weight excluding hydrogens is 402 g/mol. The number of benzene rings is 1. The van der Waals surface area contributed by atoms with E-state index < -0.39 is 0 Å². The van der Waals surface area contributed by atoms with Crippen LogP contribution in [0.5, 0.6) is 0 Å². The first-order valence-corrected chi connectivity index (χ1v) is 12.3. The maximum Gasteiger partial charge on any atom is 0.293 e. The summed E-state index contributed by atoms with van der Waals surface area (Å²) in [5.41, 5.74) is 8.34. The van der Waals surface area contributed by atoms with E-state index in [-0.39, 0.29) is 5.91 Å². The van der Waals surface area contributed by atoms with Gasteiger partial charge < -0.3 is 9.47 Å². The molecule has 164 valence electrons. The van der Waals surface area contributed by atoms with Gasteiger partial charge in [0.15, 0.2) is 0 Å². The maximum absolute atomic E-state index is 13.3. The van der Waals surface area contributed by atoms with Crippen LogP contribution in [0.15, 0.2) is 30.5 Å². The molecule has 0 unspecified atom stereocenters. The summed E-state index contributed by atoms with van der Waals surface area (Å²) >= 11 is 1.85. The van der Waals surface area contributed by atoms with Crippen LogP contribution < -0.4 is 0 Å². The average molecular weight is 436 g/mol. The van der Waals surface area contributed by atoms with Crippen molar-refractivity contribution in [3.63, 3.8) is 0 Å². The van der Waals surface area contributed by atoms with Crippen LogP contribution >= 0.6 is 11.8 Å². The molecule has 0 spiro atoms. The van der Waals surface area contributed by atoms with E-state index in [2.05, 4.69) is 50.1 Å². The lowest BCUT2D eigenvalue weighted by Gasteiger charge is -2.25. The van der Waals surface area contributed by atoms with Gasteiger partial charge in [-0.1, -0.05) is 39.5 Å². The minimum Gasteiger partial charge on any atom is -0.319 e. The Balaban J connectivity index is 1.93. The van der Waals surface area contributed by atoms with Crippen LogP contribution in [0.4, 0.5) is 0 Å². The molecule has 0 saturated carbocycles. The van der Waals surface area contributed by atoms with Gasteiger partial charge in [-0.15, -0.1) is 11.8 Å². The fourth-order valence-corrected chi connectivity index (χ4v) is 5.51. The molecule has 2 aliphatic rings. The van der Waals surface area contributed by atoms with Gasteiger partial charge in [0, 0.05) is 35.5 Å². The van der Waals surface area contributed by atoms with Crippen LogP contribution in [-0.2, 0) is 25.8 Å². The summed E-state index contributed by atoms with van der Waals surface area (Å²) in [5.74, 6) is 2.13. The molecule has 4 rings (SSSR count). The standard InChI is InChI=1S/C26H33N3OS/c1-7-18-14-19-10-11-29-24(21(19)15-20(18)13-16(2)3)23(22-9-8-12-31-22)27-25(29)26(30)28(6)17(4)5/h9,14-16H,4,7-8,10-13H2,1-3,5-6H3. The largest absolute Gasteiger partial charge is 0.319 e. The van der Waals surface area contributed by atoms with Crippen molar-refractivity contribution in [1.82, 2.24) is 14.5 Å². The van der Waals surface area contributed by atoms with Crippen molar-refractivity contribution >= 4 is 22.6 Å². The van der Waals surface area contributed by atoms with E-state index in [0.29, 0.717) is 11.7 Å². The van der Waals surface area contributed by atoms with Crippen LogP contribution in [-0.4, -0.2) is 33.2 Å². The van der Waals surface area contributed by atoms with Crippen molar-refractivity contribution in [1.29, 1.82) is 0 Å². The predicted octanol–water partition coefficient (Wildman–Crippen LogP) is 5.95.